The molecule has 0 aliphatic rings. The molecule has 8 heteroatoms. The smallest absolute Gasteiger partial charge is 0.357 e. The lowest BCUT2D eigenvalue weighted by Crippen LogP contribution is -2.39. The largest absolute Gasteiger partial charge is 0.416 e. The fraction of sp³-hybridized carbons (Fsp3) is 0.500. The van der Waals surface area contributed by atoms with Gasteiger partial charge in [-0.2, -0.15) is 13.2 Å². The molecule has 0 bridgehead atoms. The van der Waals surface area contributed by atoms with E-state index in [1.165, 1.54) is 11.0 Å². The van der Waals surface area contributed by atoms with Crippen LogP contribution in [0.2, 0.25) is 0 Å². The summed E-state index contributed by atoms with van der Waals surface area (Å²) in [5.74, 6) is 0.442. The van der Waals surface area contributed by atoms with Gasteiger partial charge >= 0.3 is 6.18 Å². The predicted octanol–water partition coefficient (Wildman–Crippen LogP) is 2.24. The molecule has 24 heavy (non-hydrogen) atoms. The molecule has 1 rings (SSSR count). The van der Waals surface area contributed by atoms with E-state index in [9.17, 15) is 18.0 Å². The molecule has 1 amide bonds. The summed E-state index contributed by atoms with van der Waals surface area (Å²) < 4.78 is 38.1. The van der Waals surface area contributed by atoms with Gasteiger partial charge in [-0.1, -0.05) is 12.1 Å². The summed E-state index contributed by atoms with van der Waals surface area (Å²) in [6.07, 6.45) is -4.06. The van der Waals surface area contributed by atoms with Crippen LogP contribution >= 0.6 is 0 Å². The molecule has 0 fully saturated rings. The number of nitrogens with zero attached hydrogens (tertiary/aromatic N) is 2. The van der Waals surface area contributed by atoms with Crippen molar-refractivity contribution >= 4 is 11.9 Å². The molecule has 0 aliphatic carbocycles. The zero-order chi connectivity index (χ0) is 18.2. The van der Waals surface area contributed by atoms with Crippen molar-refractivity contribution in [1.82, 2.24) is 15.5 Å². The highest BCUT2D eigenvalue weighted by Crippen LogP contribution is 2.29. The topological polar surface area (TPSA) is 56.7 Å². The third-order valence-corrected chi connectivity index (χ3v) is 3.15. The van der Waals surface area contributed by atoms with E-state index in [2.05, 4.69) is 15.6 Å². The molecule has 0 aromatic heterocycles. The van der Waals surface area contributed by atoms with Gasteiger partial charge in [0.15, 0.2) is 5.96 Å². The van der Waals surface area contributed by atoms with Crippen molar-refractivity contribution in [3.8, 4) is 0 Å². The lowest BCUT2D eigenvalue weighted by molar-refractivity contribution is -0.137. The molecule has 0 saturated heterocycles. The summed E-state index contributed by atoms with van der Waals surface area (Å²) in [6, 6.07) is 5.08. The normalized spacial score (nSPS) is 12.0. The number of carbonyl (C=O) groups excluding carboxylic acids is 1. The van der Waals surface area contributed by atoms with Crippen LogP contribution < -0.4 is 10.6 Å². The fourth-order valence-corrected chi connectivity index (χ4v) is 1.87. The highest BCUT2D eigenvalue weighted by molar-refractivity contribution is 5.81. The Morgan fingerprint density at radius 2 is 1.96 bits per heavy atom. The van der Waals surface area contributed by atoms with E-state index < -0.39 is 11.7 Å². The van der Waals surface area contributed by atoms with Gasteiger partial charge < -0.3 is 15.5 Å². The summed E-state index contributed by atoms with van der Waals surface area (Å²) in [6.45, 7) is 2.99. The Kier molecular flexibility index (Phi) is 7.54. The first-order chi connectivity index (χ1) is 11.2. The molecule has 134 valence electrons. The first-order valence-corrected chi connectivity index (χ1v) is 7.62. The summed E-state index contributed by atoms with van der Waals surface area (Å²) in [7, 11) is 3.35. The SMILES string of the molecule is CCNC(=NCc1cccc(C(F)(F)F)c1)NCCC(=O)N(C)C. The molecule has 0 radical (unpaired) electrons. The fourth-order valence-electron chi connectivity index (χ4n) is 1.87. The maximum atomic E-state index is 12.7. The number of alkyl halides is 3. The van der Waals surface area contributed by atoms with Crippen LogP contribution in [-0.2, 0) is 17.5 Å². The molecule has 0 saturated carbocycles. The Hall–Kier alpha value is -2.25. The number of aliphatic imine (C=N–C) groups is 1. The van der Waals surface area contributed by atoms with Crippen LogP contribution in [0.25, 0.3) is 0 Å². The van der Waals surface area contributed by atoms with Crippen molar-refractivity contribution in [3.05, 3.63) is 35.4 Å². The highest BCUT2D eigenvalue weighted by Gasteiger charge is 2.30. The van der Waals surface area contributed by atoms with Crippen molar-refractivity contribution < 1.29 is 18.0 Å². The van der Waals surface area contributed by atoms with Crippen LogP contribution in [-0.4, -0.2) is 44.0 Å². The van der Waals surface area contributed by atoms with E-state index in [0.717, 1.165) is 12.1 Å². The van der Waals surface area contributed by atoms with Gasteiger partial charge in [-0.15, -0.1) is 0 Å². The molecule has 1 aromatic carbocycles. The number of hydrogen-bond acceptors (Lipinski definition) is 2. The Morgan fingerprint density at radius 3 is 2.54 bits per heavy atom. The van der Waals surface area contributed by atoms with Crippen molar-refractivity contribution in [2.24, 2.45) is 4.99 Å². The highest BCUT2D eigenvalue weighted by atomic mass is 19.4. The van der Waals surface area contributed by atoms with Crippen LogP contribution in [0.5, 0.6) is 0 Å². The van der Waals surface area contributed by atoms with E-state index in [4.69, 9.17) is 0 Å². The average Bonchev–Trinajstić information content (AvgIpc) is 2.51. The average molecular weight is 344 g/mol. The minimum atomic E-state index is -4.37. The molecule has 2 N–H and O–H groups in total. The van der Waals surface area contributed by atoms with Gasteiger partial charge in [0.2, 0.25) is 5.91 Å². The molecular formula is C16H23F3N4O. The summed E-state index contributed by atoms with van der Waals surface area (Å²) in [5.41, 5.74) is -0.226. The summed E-state index contributed by atoms with van der Waals surface area (Å²) in [5, 5.41) is 5.98. The first kappa shape index (κ1) is 19.8. The molecule has 0 unspecified atom stereocenters. The number of amides is 1. The minimum Gasteiger partial charge on any atom is -0.357 e. The number of rotatable bonds is 6. The van der Waals surface area contributed by atoms with Gasteiger partial charge in [-0.3, -0.25) is 4.79 Å². The third kappa shape index (κ3) is 6.89. The minimum absolute atomic E-state index is 0.0174. The van der Waals surface area contributed by atoms with Gasteiger partial charge in [-0.25, -0.2) is 4.99 Å². The lowest BCUT2D eigenvalue weighted by atomic mass is 10.1. The second-order valence-corrected chi connectivity index (χ2v) is 5.36. The summed E-state index contributed by atoms with van der Waals surface area (Å²) in [4.78, 5) is 17.3. The van der Waals surface area contributed by atoms with Gasteiger partial charge in [0, 0.05) is 33.6 Å². The Labute approximate surface area is 139 Å². The van der Waals surface area contributed by atoms with Crippen LogP contribution in [0, 0.1) is 0 Å². The zero-order valence-corrected chi connectivity index (χ0v) is 14.1. The summed E-state index contributed by atoms with van der Waals surface area (Å²) >= 11 is 0. The van der Waals surface area contributed by atoms with Crippen molar-refractivity contribution in [3.63, 3.8) is 0 Å². The lowest BCUT2D eigenvalue weighted by Gasteiger charge is -2.13. The number of carbonyl (C=O) groups is 1. The number of nitrogens with one attached hydrogen (secondary N) is 2. The Balaban J connectivity index is 2.67. The van der Waals surface area contributed by atoms with E-state index in [1.54, 1.807) is 20.2 Å². The standard InChI is InChI=1S/C16H23F3N4O/c1-4-20-15(21-9-8-14(24)23(2)3)22-11-12-6-5-7-13(10-12)16(17,18)19/h5-7,10H,4,8-9,11H2,1-3H3,(H2,20,21,22). The molecule has 5 nitrogen and oxygen atoms in total. The van der Waals surface area contributed by atoms with Gasteiger partial charge in [-0.05, 0) is 24.6 Å². The van der Waals surface area contributed by atoms with Crippen LogP contribution in [0.3, 0.4) is 0 Å². The molecule has 0 aliphatic heterocycles. The third-order valence-electron chi connectivity index (χ3n) is 3.15. The number of hydrogen-bond donors (Lipinski definition) is 2. The second-order valence-electron chi connectivity index (χ2n) is 5.36. The van der Waals surface area contributed by atoms with E-state index >= 15 is 0 Å². The van der Waals surface area contributed by atoms with E-state index in [0.29, 0.717) is 31.0 Å². The van der Waals surface area contributed by atoms with Gasteiger partial charge in [0.25, 0.3) is 0 Å². The Morgan fingerprint density at radius 1 is 1.25 bits per heavy atom. The molecule has 0 atom stereocenters. The predicted molar refractivity (Wildman–Crippen MR) is 87.6 cm³/mol. The molecule has 0 heterocycles. The molecule has 0 spiro atoms. The van der Waals surface area contributed by atoms with Crippen LogP contribution in [0.15, 0.2) is 29.3 Å². The maximum Gasteiger partial charge on any atom is 0.416 e. The first-order valence-electron chi connectivity index (χ1n) is 7.62. The van der Waals surface area contributed by atoms with E-state index in [1.807, 2.05) is 6.92 Å². The van der Waals surface area contributed by atoms with Gasteiger partial charge in [0.05, 0.1) is 12.1 Å². The van der Waals surface area contributed by atoms with Crippen molar-refractivity contribution in [2.75, 3.05) is 27.2 Å². The monoisotopic (exact) mass is 344 g/mol. The van der Waals surface area contributed by atoms with Crippen molar-refractivity contribution in [2.45, 2.75) is 26.1 Å². The number of halogens is 3. The van der Waals surface area contributed by atoms with Gasteiger partial charge in [0.1, 0.15) is 0 Å². The Bertz CT molecular complexity index is 571. The van der Waals surface area contributed by atoms with Crippen molar-refractivity contribution in [1.29, 1.82) is 0 Å². The van der Waals surface area contributed by atoms with E-state index in [-0.39, 0.29) is 12.5 Å². The zero-order valence-electron chi connectivity index (χ0n) is 14.1. The van der Waals surface area contributed by atoms with Crippen LogP contribution in [0.1, 0.15) is 24.5 Å². The second kappa shape index (κ2) is 9.14. The molecular weight excluding hydrogens is 321 g/mol. The number of guanidine groups is 1. The molecule has 1 aromatic rings. The maximum absolute atomic E-state index is 12.7. The number of benzene rings is 1. The van der Waals surface area contributed by atoms with Crippen LogP contribution in [0.4, 0.5) is 13.2 Å². The quantitative estimate of drug-likeness (QED) is 0.615.